The second-order valence-electron chi connectivity index (χ2n) is 10.7. The van der Waals surface area contributed by atoms with Gasteiger partial charge < -0.3 is 9.88 Å². The van der Waals surface area contributed by atoms with Crippen LogP contribution in [0, 0.1) is 13.8 Å². The molecule has 0 spiro atoms. The van der Waals surface area contributed by atoms with Gasteiger partial charge in [-0.1, -0.05) is 19.9 Å². The Hall–Kier alpha value is -2.71. The topological polar surface area (TPSA) is 86.4 Å². The van der Waals surface area contributed by atoms with E-state index in [1.807, 2.05) is 18.7 Å². The van der Waals surface area contributed by atoms with E-state index in [1.165, 1.54) is 32.1 Å². The molecule has 0 atom stereocenters. The van der Waals surface area contributed by atoms with Gasteiger partial charge in [-0.25, -0.2) is 8.42 Å². The lowest BCUT2D eigenvalue weighted by molar-refractivity contribution is -0.132. The van der Waals surface area contributed by atoms with E-state index in [0.29, 0.717) is 37.9 Å². The number of likely N-dealkylation sites (tertiary alicyclic amines) is 1. The molecule has 4 heterocycles. The minimum Gasteiger partial charge on any atom is -0.354 e. The highest BCUT2D eigenvalue weighted by Gasteiger charge is 2.32. The third-order valence-corrected chi connectivity index (χ3v) is 9.55. The molecule has 5 rings (SSSR count). The normalized spacial score (nSPS) is 19.0. The van der Waals surface area contributed by atoms with Gasteiger partial charge in [0, 0.05) is 47.5 Å². The Morgan fingerprint density at radius 3 is 2.39 bits per heavy atom. The highest BCUT2D eigenvalue weighted by Crippen LogP contribution is 2.38. The number of H-pyrrole nitrogens is 1. The summed E-state index contributed by atoms with van der Waals surface area (Å²) in [7, 11) is -3.25. The summed E-state index contributed by atoms with van der Waals surface area (Å²) in [5, 5.41) is 1.27. The minimum absolute atomic E-state index is 0.0171. The predicted molar refractivity (Wildman–Crippen MR) is 144 cm³/mol. The fourth-order valence-electron chi connectivity index (χ4n) is 5.87. The summed E-state index contributed by atoms with van der Waals surface area (Å²) in [6, 6.07) is 11.0. The quantitative estimate of drug-likeness (QED) is 0.541. The van der Waals surface area contributed by atoms with Crippen molar-refractivity contribution in [2.24, 2.45) is 0 Å². The molecule has 8 heteroatoms. The lowest BCUT2D eigenvalue weighted by Crippen LogP contribution is -2.44. The van der Waals surface area contributed by atoms with Gasteiger partial charge in [0.2, 0.25) is 15.9 Å². The summed E-state index contributed by atoms with van der Waals surface area (Å²) in [5.41, 5.74) is 8.16. The van der Waals surface area contributed by atoms with E-state index in [1.54, 1.807) is 0 Å². The Bertz CT molecular complexity index is 1380. The third-order valence-electron chi connectivity index (χ3n) is 7.64. The zero-order valence-electron chi connectivity index (χ0n) is 21.7. The molecule has 2 aliphatic heterocycles. The number of aromatic nitrogens is 2. The average molecular weight is 509 g/mol. The van der Waals surface area contributed by atoms with Gasteiger partial charge in [0.15, 0.2) is 0 Å². The lowest BCUT2D eigenvalue weighted by Gasteiger charge is -2.33. The van der Waals surface area contributed by atoms with Crippen LogP contribution in [-0.2, 0) is 14.8 Å². The van der Waals surface area contributed by atoms with Crippen molar-refractivity contribution in [1.82, 2.24) is 19.2 Å². The number of rotatable bonds is 5. The van der Waals surface area contributed by atoms with Crippen molar-refractivity contribution in [2.45, 2.75) is 58.8 Å². The number of hydrogen-bond acceptors (Lipinski definition) is 4. The Labute approximate surface area is 214 Å². The van der Waals surface area contributed by atoms with Gasteiger partial charge in [0.1, 0.15) is 0 Å². The first-order chi connectivity index (χ1) is 17.1. The van der Waals surface area contributed by atoms with Crippen molar-refractivity contribution in [3.8, 4) is 11.3 Å². The molecular weight excluding hydrogens is 472 g/mol. The molecule has 192 valence electrons. The van der Waals surface area contributed by atoms with Crippen LogP contribution in [0.3, 0.4) is 0 Å². The van der Waals surface area contributed by atoms with E-state index >= 15 is 0 Å². The number of hydrogen-bond donors (Lipinski definition) is 1. The Kier molecular flexibility index (Phi) is 6.68. The summed E-state index contributed by atoms with van der Waals surface area (Å²) in [5.74, 6) is 0.830. The van der Waals surface area contributed by atoms with Crippen LogP contribution in [0.25, 0.3) is 22.2 Å². The summed E-state index contributed by atoms with van der Waals surface area (Å²) in [6.07, 6.45) is 2.39. The summed E-state index contributed by atoms with van der Waals surface area (Å²) >= 11 is 0. The molecular formula is C28H36N4O3S. The van der Waals surface area contributed by atoms with Crippen LogP contribution in [0.1, 0.15) is 67.5 Å². The zero-order chi connectivity index (χ0) is 25.6. The van der Waals surface area contributed by atoms with Gasteiger partial charge in [-0.3, -0.25) is 9.78 Å². The number of sulfonamides is 1. The summed E-state index contributed by atoms with van der Waals surface area (Å²) in [6.45, 7) is 10.3. The number of pyridine rings is 1. The number of piperidine rings is 1. The third kappa shape index (κ3) is 4.81. The SMILES string of the molecule is Cc1cc(-c2[nH]c3ccc(C4CCN(C(=O)CN5CCCS5(=O)=O)CC4)cc3c2C(C)C)cc(C)n1. The van der Waals surface area contributed by atoms with Crippen molar-refractivity contribution in [3.63, 3.8) is 0 Å². The fourth-order valence-corrected chi connectivity index (χ4v) is 7.34. The van der Waals surface area contributed by atoms with E-state index in [9.17, 15) is 13.2 Å². The average Bonchev–Trinajstić information content (AvgIpc) is 3.37. The molecule has 2 saturated heterocycles. The number of fused-ring (bicyclic) bond motifs is 1. The van der Waals surface area contributed by atoms with Gasteiger partial charge >= 0.3 is 0 Å². The van der Waals surface area contributed by atoms with E-state index < -0.39 is 10.0 Å². The van der Waals surface area contributed by atoms with Gasteiger partial charge in [-0.05, 0) is 80.3 Å². The first-order valence-electron chi connectivity index (χ1n) is 13.0. The van der Waals surface area contributed by atoms with Crippen LogP contribution in [0.2, 0.25) is 0 Å². The number of benzene rings is 1. The maximum Gasteiger partial charge on any atom is 0.237 e. The van der Waals surface area contributed by atoms with E-state index in [0.717, 1.165) is 29.7 Å². The van der Waals surface area contributed by atoms with Crippen LogP contribution < -0.4 is 0 Å². The van der Waals surface area contributed by atoms with Crippen LogP contribution in [0.5, 0.6) is 0 Å². The molecule has 0 saturated carbocycles. The van der Waals surface area contributed by atoms with Crippen molar-refractivity contribution >= 4 is 26.8 Å². The molecule has 0 unspecified atom stereocenters. The van der Waals surface area contributed by atoms with Crippen molar-refractivity contribution in [2.75, 3.05) is 31.9 Å². The zero-order valence-corrected chi connectivity index (χ0v) is 22.5. The molecule has 0 radical (unpaired) electrons. The molecule has 2 aliphatic rings. The molecule has 36 heavy (non-hydrogen) atoms. The monoisotopic (exact) mass is 508 g/mol. The lowest BCUT2D eigenvalue weighted by atomic mass is 9.87. The fraction of sp³-hybridized carbons (Fsp3) is 0.500. The number of nitrogens with one attached hydrogen (secondary N) is 1. The number of aryl methyl sites for hydroxylation is 2. The standard InChI is InChI=1S/C28H36N4O3S/c1-18(2)27-24-16-22(6-7-25(24)30-28(27)23-14-19(3)29-20(4)15-23)21-8-11-31(12-9-21)26(33)17-32-10-5-13-36(32,34)35/h6-7,14-16,18,21,30H,5,8-13,17H2,1-4H3. The Balaban J connectivity index is 1.35. The van der Waals surface area contributed by atoms with Gasteiger partial charge in [0.05, 0.1) is 18.0 Å². The second-order valence-corrected chi connectivity index (χ2v) is 12.8. The number of nitrogens with zero attached hydrogens (tertiary/aromatic N) is 3. The first kappa shape index (κ1) is 25.0. The van der Waals surface area contributed by atoms with Gasteiger partial charge in [0.25, 0.3) is 0 Å². The first-order valence-corrected chi connectivity index (χ1v) is 14.6. The minimum atomic E-state index is -3.25. The van der Waals surface area contributed by atoms with Crippen LogP contribution in [0.4, 0.5) is 0 Å². The van der Waals surface area contributed by atoms with Crippen molar-refractivity contribution < 1.29 is 13.2 Å². The number of carbonyl (C=O) groups is 1. The van der Waals surface area contributed by atoms with E-state index in [-0.39, 0.29) is 18.2 Å². The van der Waals surface area contributed by atoms with Crippen LogP contribution >= 0.6 is 0 Å². The number of aromatic amines is 1. The van der Waals surface area contributed by atoms with E-state index in [2.05, 4.69) is 54.1 Å². The van der Waals surface area contributed by atoms with Crippen LogP contribution in [-0.4, -0.2) is 65.4 Å². The summed E-state index contributed by atoms with van der Waals surface area (Å²) < 4.78 is 25.5. The Morgan fingerprint density at radius 2 is 1.78 bits per heavy atom. The molecule has 2 fully saturated rings. The van der Waals surface area contributed by atoms with Gasteiger partial charge in [-0.15, -0.1) is 0 Å². The molecule has 0 aliphatic carbocycles. The smallest absolute Gasteiger partial charge is 0.237 e. The molecule has 1 N–H and O–H groups in total. The van der Waals surface area contributed by atoms with Gasteiger partial charge in [-0.2, -0.15) is 4.31 Å². The summed E-state index contributed by atoms with van der Waals surface area (Å²) in [4.78, 5) is 22.8. The predicted octanol–water partition coefficient (Wildman–Crippen LogP) is 4.71. The van der Waals surface area contributed by atoms with E-state index in [4.69, 9.17) is 0 Å². The highest BCUT2D eigenvalue weighted by atomic mass is 32.2. The second kappa shape index (κ2) is 9.63. The Morgan fingerprint density at radius 1 is 1.08 bits per heavy atom. The molecule has 7 nitrogen and oxygen atoms in total. The molecule has 1 amide bonds. The molecule has 0 bridgehead atoms. The number of carbonyl (C=O) groups excluding carboxylic acids is 1. The number of amides is 1. The van der Waals surface area contributed by atoms with Crippen LogP contribution in [0.15, 0.2) is 30.3 Å². The maximum atomic E-state index is 12.8. The molecule has 1 aromatic carbocycles. The maximum absolute atomic E-state index is 12.8. The molecule has 3 aromatic rings. The molecule has 2 aromatic heterocycles. The largest absolute Gasteiger partial charge is 0.354 e. The van der Waals surface area contributed by atoms with Crippen molar-refractivity contribution in [3.05, 3.63) is 52.8 Å². The highest BCUT2D eigenvalue weighted by molar-refractivity contribution is 7.89. The van der Waals surface area contributed by atoms with Crippen molar-refractivity contribution in [1.29, 1.82) is 0 Å².